The number of hydrogen-bond acceptors (Lipinski definition) is 7. The van der Waals surface area contributed by atoms with Gasteiger partial charge in [0.1, 0.15) is 6.17 Å². The zero-order valence-corrected chi connectivity index (χ0v) is 22.9. The topological polar surface area (TPSA) is 101 Å². The van der Waals surface area contributed by atoms with E-state index in [-0.39, 0.29) is 31.3 Å². The number of rotatable bonds is 3. The second kappa shape index (κ2) is 9.00. The van der Waals surface area contributed by atoms with E-state index < -0.39 is 74.2 Å². The number of amides is 1. The number of ketones is 1. The van der Waals surface area contributed by atoms with E-state index in [4.69, 9.17) is 4.74 Å². The van der Waals surface area contributed by atoms with Gasteiger partial charge in [-0.25, -0.2) is 8.78 Å². The summed E-state index contributed by atoms with van der Waals surface area (Å²) in [7, 11) is 2.99. The maximum absolute atomic E-state index is 17.4. The van der Waals surface area contributed by atoms with Gasteiger partial charge in [-0.05, 0) is 49.8 Å². The number of nitrogens with zero attached hydrogens (tertiary/aromatic N) is 1. The number of esters is 1. The van der Waals surface area contributed by atoms with Crippen molar-refractivity contribution < 1.29 is 37.8 Å². The van der Waals surface area contributed by atoms with E-state index in [1.165, 1.54) is 38.1 Å². The molecule has 3 saturated carbocycles. The van der Waals surface area contributed by atoms with Crippen LogP contribution in [0.15, 0.2) is 23.8 Å². The molecule has 1 amide bonds. The Morgan fingerprint density at radius 3 is 2.46 bits per heavy atom. The minimum absolute atomic E-state index is 0.0133. The number of ether oxygens (including phenoxy) is 1. The second-order valence-electron chi connectivity index (χ2n) is 11.6. The lowest BCUT2D eigenvalue weighted by Gasteiger charge is -2.63. The van der Waals surface area contributed by atoms with Gasteiger partial charge >= 0.3 is 5.97 Å². The van der Waals surface area contributed by atoms with E-state index in [1.807, 2.05) is 0 Å². The molecule has 0 spiro atoms. The van der Waals surface area contributed by atoms with E-state index in [0.717, 1.165) is 6.08 Å². The predicted molar refractivity (Wildman–Crippen MR) is 134 cm³/mol. The number of aliphatic hydroxyl groups excluding tert-OH is 1. The zero-order valence-electron chi connectivity index (χ0n) is 22.0. The quantitative estimate of drug-likeness (QED) is 0.537. The van der Waals surface area contributed by atoms with Crippen LogP contribution in [-0.2, 0) is 19.1 Å². The second-order valence-corrected chi connectivity index (χ2v) is 12.5. The van der Waals surface area contributed by atoms with Gasteiger partial charge in [0.25, 0.3) is 5.24 Å². The van der Waals surface area contributed by atoms with Crippen LogP contribution in [0.2, 0.25) is 0 Å². The first-order valence-corrected chi connectivity index (χ1v) is 13.5. The highest BCUT2D eigenvalue weighted by atomic mass is 32.2. The molecule has 9 atom stereocenters. The lowest BCUT2D eigenvalue weighted by molar-refractivity contribution is -0.228. The number of carbonyl (C=O) groups is 4. The van der Waals surface area contributed by atoms with Gasteiger partial charge in [0.2, 0.25) is 5.12 Å². The summed E-state index contributed by atoms with van der Waals surface area (Å²) in [4.78, 5) is 52.3. The Kier molecular flexibility index (Phi) is 6.80. The lowest BCUT2D eigenvalue weighted by atomic mass is 9.44. The zero-order chi connectivity index (χ0) is 27.7. The molecule has 0 saturated heterocycles. The van der Waals surface area contributed by atoms with Crippen molar-refractivity contribution in [2.24, 2.45) is 28.6 Å². The number of hydrogen-bond donors (Lipinski definition) is 1. The lowest BCUT2D eigenvalue weighted by Crippen LogP contribution is -2.70. The molecule has 4 aliphatic carbocycles. The summed E-state index contributed by atoms with van der Waals surface area (Å²) in [5.41, 5.74) is -6.94. The Morgan fingerprint density at radius 1 is 1.22 bits per heavy atom. The molecule has 4 aliphatic rings. The molecule has 0 bridgehead atoms. The Morgan fingerprint density at radius 2 is 1.86 bits per heavy atom. The highest BCUT2D eigenvalue weighted by Crippen LogP contribution is 2.72. The molecule has 0 aromatic rings. The maximum Gasteiger partial charge on any atom is 0.306 e. The monoisotopic (exact) mass is 539 g/mol. The van der Waals surface area contributed by atoms with Crippen molar-refractivity contribution in [2.75, 3.05) is 14.1 Å². The molecular weight excluding hydrogens is 504 g/mol. The van der Waals surface area contributed by atoms with Gasteiger partial charge in [-0.2, -0.15) is 0 Å². The normalized spacial score (nSPS) is 44.3. The average molecular weight is 540 g/mol. The van der Waals surface area contributed by atoms with Crippen molar-refractivity contribution in [3.63, 3.8) is 0 Å². The summed E-state index contributed by atoms with van der Waals surface area (Å²) < 4.78 is 39.0. The third kappa shape index (κ3) is 3.61. The number of allylic oxidation sites excluding steroid dienone is 4. The summed E-state index contributed by atoms with van der Waals surface area (Å²) in [6, 6.07) is 0. The first-order chi connectivity index (χ1) is 17.1. The number of alkyl halides is 2. The van der Waals surface area contributed by atoms with E-state index in [0.29, 0.717) is 11.8 Å². The number of thioether (sulfide) groups is 1. The SMILES string of the molecule is CCC(=O)O[C@]1(C(=O)SC(=O)N(C)C)C(C)CC2C3C[C@H](F)C4=CC(=O)C=C[C@]4(C)[C@@]3(F)C(O)CC21C. The first-order valence-electron chi connectivity index (χ1n) is 12.7. The van der Waals surface area contributed by atoms with Gasteiger partial charge in [0, 0.05) is 54.9 Å². The van der Waals surface area contributed by atoms with Crippen LogP contribution in [0.5, 0.6) is 0 Å². The van der Waals surface area contributed by atoms with Crippen LogP contribution in [0.3, 0.4) is 0 Å². The molecule has 0 aliphatic heterocycles. The summed E-state index contributed by atoms with van der Waals surface area (Å²) in [5, 5.41) is 10.3. The van der Waals surface area contributed by atoms with E-state index in [1.54, 1.807) is 20.8 Å². The Bertz CT molecular complexity index is 1110. The maximum atomic E-state index is 17.4. The smallest absolute Gasteiger partial charge is 0.306 e. The molecule has 0 aromatic heterocycles. The van der Waals surface area contributed by atoms with E-state index >= 15 is 8.78 Å². The summed E-state index contributed by atoms with van der Waals surface area (Å²) in [6.07, 6.45) is 0.118. The molecular formula is C27H35F2NO6S. The largest absolute Gasteiger partial charge is 0.449 e. The highest BCUT2D eigenvalue weighted by molar-refractivity contribution is 8.26. The summed E-state index contributed by atoms with van der Waals surface area (Å²) in [5.74, 6) is -3.36. The van der Waals surface area contributed by atoms with E-state index in [9.17, 15) is 24.3 Å². The standard InChI is InChI=1S/C27H35F2NO6S/c1-7-21(33)36-27(22(34)37-23(35)30(5)6)14(2)10-16-17-12-19(28)18-11-15(31)8-9-24(18,3)26(17,29)20(32)13-25(16,27)4/h8-9,11,14,16-17,19-20,32H,7,10,12-13H2,1-6H3/t14?,16?,17?,19-,20?,24-,25?,26-,27-/m0/s1. The molecule has 7 nitrogen and oxygen atoms in total. The predicted octanol–water partition coefficient (Wildman–Crippen LogP) is 4.18. The molecule has 204 valence electrons. The van der Waals surface area contributed by atoms with Crippen molar-refractivity contribution in [3.05, 3.63) is 23.8 Å². The summed E-state index contributed by atoms with van der Waals surface area (Å²) >= 11 is 0.426. The minimum Gasteiger partial charge on any atom is -0.449 e. The molecule has 0 radical (unpaired) electrons. The molecule has 1 N–H and O–H groups in total. The number of fused-ring (bicyclic) bond motifs is 5. The van der Waals surface area contributed by atoms with Crippen molar-refractivity contribution in [1.82, 2.24) is 4.90 Å². The Hall–Kier alpha value is -2.07. The summed E-state index contributed by atoms with van der Waals surface area (Å²) in [6.45, 7) is 6.50. The molecule has 10 heteroatoms. The average Bonchev–Trinajstić information content (AvgIpc) is 3.04. The third-order valence-corrected chi connectivity index (χ3v) is 10.6. The van der Waals surface area contributed by atoms with Gasteiger partial charge in [-0.3, -0.25) is 19.2 Å². The minimum atomic E-state index is -2.32. The first kappa shape index (κ1) is 28.0. The molecule has 0 aromatic carbocycles. The fraction of sp³-hybridized carbons (Fsp3) is 0.704. The Labute approximate surface area is 220 Å². The van der Waals surface area contributed by atoms with Crippen molar-refractivity contribution in [1.29, 1.82) is 0 Å². The van der Waals surface area contributed by atoms with Crippen LogP contribution in [0, 0.1) is 28.6 Å². The van der Waals surface area contributed by atoms with Crippen LogP contribution in [0.25, 0.3) is 0 Å². The van der Waals surface area contributed by atoms with Gasteiger partial charge in [0.15, 0.2) is 17.1 Å². The van der Waals surface area contributed by atoms with Crippen molar-refractivity contribution in [2.45, 2.75) is 76.9 Å². The van der Waals surface area contributed by atoms with Crippen LogP contribution >= 0.6 is 11.8 Å². The Balaban J connectivity index is 1.86. The third-order valence-electron chi connectivity index (χ3n) is 9.58. The van der Waals surface area contributed by atoms with Crippen LogP contribution in [0.4, 0.5) is 13.6 Å². The fourth-order valence-corrected chi connectivity index (χ4v) is 8.68. The van der Waals surface area contributed by atoms with Crippen molar-refractivity contribution in [3.8, 4) is 0 Å². The van der Waals surface area contributed by atoms with Crippen LogP contribution < -0.4 is 0 Å². The van der Waals surface area contributed by atoms with Crippen LogP contribution in [-0.4, -0.2) is 69.8 Å². The molecule has 0 heterocycles. The fourth-order valence-electron chi connectivity index (χ4n) is 7.72. The van der Waals surface area contributed by atoms with Gasteiger partial charge in [-0.15, -0.1) is 0 Å². The molecule has 37 heavy (non-hydrogen) atoms. The molecule has 5 unspecified atom stereocenters. The number of carbonyl (C=O) groups excluding carboxylic acids is 4. The van der Waals surface area contributed by atoms with Crippen molar-refractivity contribution >= 4 is 33.9 Å². The van der Waals surface area contributed by atoms with Gasteiger partial charge < -0.3 is 14.7 Å². The number of aliphatic hydroxyl groups is 1. The molecule has 3 fully saturated rings. The van der Waals surface area contributed by atoms with Gasteiger partial charge in [-0.1, -0.05) is 26.8 Å². The van der Waals surface area contributed by atoms with E-state index in [2.05, 4.69) is 0 Å². The van der Waals surface area contributed by atoms with Gasteiger partial charge in [0.05, 0.1) is 6.10 Å². The molecule has 4 rings (SSSR count). The highest BCUT2D eigenvalue weighted by Gasteiger charge is 2.78. The number of halogens is 2. The van der Waals surface area contributed by atoms with Crippen LogP contribution in [0.1, 0.15) is 53.4 Å².